The molecule has 0 aliphatic carbocycles. The number of thiazole rings is 1. The van der Waals surface area contributed by atoms with Crippen LogP contribution < -0.4 is 10.1 Å². The highest BCUT2D eigenvalue weighted by atomic mass is 35.5. The van der Waals surface area contributed by atoms with E-state index in [0.717, 1.165) is 45.4 Å². The molecule has 6 heteroatoms. The number of benzene rings is 2. The number of anilines is 1. The molecule has 3 rings (SSSR count). The van der Waals surface area contributed by atoms with E-state index in [4.69, 9.17) is 27.7 Å². The van der Waals surface area contributed by atoms with Gasteiger partial charge >= 0.3 is 0 Å². The number of rotatable bonds is 8. The van der Waals surface area contributed by atoms with E-state index in [1.165, 1.54) is 5.56 Å². The van der Waals surface area contributed by atoms with Crippen molar-refractivity contribution in [2.24, 2.45) is 0 Å². The summed E-state index contributed by atoms with van der Waals surface area (Å²) >= 11 is 8.13. The van der Waals surface area contributed by atoms with E-state index in [0.29, 0.717) is 5.02 Å². The molecule has 2 aromatic carbocycles. The molecule has 0 spiro atoms. The second-order valence-electron chi connectivity index (χ2n) is 7.32. The molecule has 1 heterocycles. The summed E-state index contributed by atoms with van der Waals surface area (Å²) in [6.07, 6.45) is 8.01. The highest BCUT2D eigenvalue weighted by Gasteiger charge is 2.23. The zero-order chi connectivity index (χ0) is 21.7. The third-order valence-electron chi connectivity index (χ3n) is 5.22. The maximum Gasteiger partial charge on any atom is 0.184 e. The Bertz CT molecular complexity index is 1040. The number of ether oxygens (including phenoxy) is 1. The van der Waals surface area contributed by atoms with Crippen molar-refractivity contribution in [2.45, 2.75) is 45.6 Å². The molecule has 2 unspecified atom stereocenters. The summed E-state index contributed by atoms with van der Waals surface area (Å²) in [5.41, 5.74) is 4.05. The number of methoxy groups -OCH3 is 1. The number of hydrogen-bond donors (Lipinski definition) is 1. The molecule has 0 saturated heterocycles. The van der Waals surface area contributed by atoms with Gasteiger partial charge in [0.1, 0.15) is 5.75 Å². The molecular formula is C25H28Cl2N2OS. The lowest BCUT2D eigenvalue weighted by Gasteiger charge is -2.24. The fourth-order valence-electron chi connectivity index (χ4n) is 3.70. The number of hydrogen-bond acceptors (Lipinski definition) is 4. The van der Waals surface area contributed by atoms with E-state index in [-0.39, 0.29) is 24.4 Å². The lowest BCUT2D eigenvalue weighted by molar-refractivity contribution is 0.412. The van der Waals surface area contributed by atoms with Gasteiger partial charge < -0.3 is 10.1 Å². The molecule has 3 nitrogen and oxygen atoms in total. The van der Waals surface area contributed by atoms with Gasteiger partial charge in [0.2, 0.25) is 0 Å². The highest BCUT2D eigenvalue weighted by molar-refractivity contribution is 7.16. The maximum absolute atomic E-state index is 6.53. The largest absolute Gasteiger partial charge is 0.496 e. The zero-order valence-corrected chi connectivity index (χ0v) is 20.6. The van der Waals surface area contributed by atoms with Gasteiger partial charge in [-0.1, -0.05) is 61.2 Å². The van der Waals surface area contributed by atoms with Crippen LogP contribution in [0.3, 0.4) is 0 Å². The molecule has 0 radical (unpaired) electrons. The normalized spacial score (nSPS) is 12.4. The minimum atomic E-state index is -0.140. The molecule has 0 amide bonds. The van der Waals surface area contributed by atoms with Crippen LogP contribution in [-0.4, -0.2) is 18.1 Å². The van der Waals surface area contributed by atoms with Crippen molar-refractivity contribution in [3.05, 3.63) is 63.5 Å². The molecule has 1 aromatic heterocycles. The van der Waals surface area contributed by atoms with Gasteiger partial charge in [-0.3, -0.25) is 0 Å². The third-order valence-corrected chi connectivity index (χ3v) is 6.44. The van der Waals surface area contributed by atoms with E-state index in [1.807, 2.05) is 25.1 Å². The van der Waals surface area contributed by atoms with Gasteiger partial charge in [0.05, 0.1) is 23.9 Å². The topological polar surface area (TPSA) is 34.2 Å². The van der Waals surface area contributed by atoms with E-state index >= 15 is 0 Å². The molecule has 0 fully saturated rings. The van der Waals surface area contributed by atoms with Crippen LogP contribution in [0.1, 0.15) is 41.7 Å². The van der Waals surface area contributed by atoms with E-state index in [2.05, 4.69) is 49.4 Å². The van der Waals surface area contributed by atoms with E-state index < -0.39 is 0 Å². The fraction of sp³-hybridized carbons (Fsp3) is 0.320. The number of nitrogens with one attached hydrogen (secondary N) is 1. The van der Waals surface area contributed by atoms with Crippen LogP contribution in [-0.2, 0) is 0 Å². The average Bonchev–Trinajstić information content (AvgIpc) is 3.12. The minimum Gasteiger partial charge on any atom is -0.496 e. The molecule has 31 heavy (non-hydrogen) atoms. The van der Waals surface area contributed by atoms with Gasteiger partial charge in [-0.2, -0.15) is 0 Å². The van der Waals surface area contributed by atoms with Crippen molar-refractivity contribution in [1.29, 1.82) is 0 Å². The Hall–Kier alpha value is -2.19. The smallest absolute Gasteiger partial charge is 0.184 e. The number of terminal acetylenes is 1. The predicted octanol–water partition coefficient (Wildman–Crippen LogP) is 7.51. The summed E-state index contributed by atoms with van der Waals surface area (Å²) in [7, 11) is 1.65. The summed E-state index contributed by atoms with van der Waals surface area (Å²) in [6, 6.07) is 14.2. The summed E-state index contributed by atoms with van der Waals surface area (Å²) in [6.45, 7) is 6.24. The zero-order valence-electron chi connectivity index (χ0n) is 18.2. The van der Waals surface area contributed by atoms with Crippen LogP contribution in [0.25, 0.3) is 11.3 Å². The van der Waals surface area contributed by atoms with Crippen LogP contribution in [0.4, 0.5) is 5.13 Å². The Balaban J connectivity index is 0.00000341. The summed E-state index contributed by atoms with van der Waals surface area (Å²) < 4.78 is 5.37. The molecule has 0 saturated carbocycles. The van der Waals surface area contributed by atoms with E-state index in [9.17, 15) is 0 Å². The van der Waals surface area contributed by atoms with Crippen LogP contribution in [0, 0.1) is 26.2 Å². The van der Waals surface area contributed by atoms with Crippen LogP contribution in [0.15, 0.2) is 42.5 Å². The Kier molecular flexibility index (Phi) is 9.25. The maximum atomic E-state index is 6.53. The molecule has 1 N–H and O–H groups in total. The molecule has 0 bridgehead atoms. The second kappa shape index (κ2) is 11.4. The first-order valence-electron chi connectivity index (χ1n) is 10.1. The van der Waals surface area contributed by atoms with Crippen molar-refractivity contribution >= 4 is 40.5 Å². The van der Waals surface area contributed by atoms with Crippen molar-refractivity contribution in [3.63, 3.8) is 0 Å². The highest BCUT2D eigenvalue weighted by Crippen LogP contribution is 2.38. The first-order chi connectivity index (χ1) is 14.5. The Morgan fingerprint density at radius 2 is 1.94 bits per heavy atom. The molecule has 164 valence electrons. The van der Waals surface area contributed by atoms with Gasteiger partial charge in [0, 0.05) is 16.4 Å². The SMILES string of the molecule is C#CC(Nc1nc(-c2cc(C)c(OC)cc2Cl)c(C)s1)C(CCC)c1ccccc1.Cl. The minimum absolute atomic E-state index is 0. The summed E-state index contributed by atoms with van der Waals surface area (Å²) in [5.74, 6) is 3.94. The van der Waals surface area contributed by atoms with Crippen LogP contribution in [0.2, 0.25) is 5.02 Å². The van der Waals surface area contributed by atoms with Gasteiger partial charge in [0.25, 0.3) is 0 Å². The molecule has 3 aromatic rings. The van der Waals surface area contributed by atoms with Gasteiger partial charge in [-0.25, -0.2) is 4.98 Å². The average molecular weight is 475 g/mol. The first-order valence-corrected chi connectivity index (χ1v) is 11.3. The van der Waals surface area contributed by atoms with Crippen molar-refractivity contribution in [3.8, 4) is 29.4 Å². The standard InChI is InChI=1S/C25H27ClN2OS.ClH/c1-6-11-19(18-12-9-8-10-13-18)22(7-2)27-25-28-24(17(4)30-25)20-14-16(3)23(29-5)15-21(20)26;/h2,8-10,12-15,19,22H,6,11H2,1,3-5H3,(H,27,28);1H. The van der Waals surface area contributed by atoms with Crippen LogP contribution in [0.5, 0.6) is 5.75 Å². The Morgan fingerprint density at radius 3 is 2.55 bits per heavy atom. The van der Waals surface area contributed by atoms with Gasteiger partial charge in [-0.15, -0.1) is 30.2 Å². The van der Waals surface area contributed by atoms with Gasteiger partial charge in [0.15, 0.2) is 5.13 Å². The summed E-state index contributed by atoms with van der Waals surface area (Å²) in [5, 5.41) is 4.94. The van der Waals surface area contributed by atoms with Crippen LogP contribution >= 0.6 is 35.3 Å². The van der Waals surface area contributed by atoms with Crippen molar-refractivity contribution < 1.29 is 4.74 Å². The lowest BCUT2D eigenvalue weighted by Crippen LogP contribution is -2.26. The summed E-state index contributed by atoms with van der Waals surface area (Å²) in [4.78, 5) is 5.94. The van der Waals surface area contributed by atoms with Crippen molar-refractivity contribution in [1.82, 2.24) is 4.98 Å². The second-order valence-corrected chi connectivity index (χ2v) is 8.93. The Morgan fingerprint density at radius 1 is 1.23 bits per heavy atom. The number of aryl methyl sites for hydroxylation is 2. The Labute approximate surface area is 200 Å². The monoisotopic (exact) mass is 474 g/mol. The van der Waals surface area contributed by atoms with Crippen molar-refractivity contribution in [2.75, 3.05) is 12.4 Å². The molecule has 2 atom stereocenters. The van der Waals surface area contributed by atoms with E-state index in [1.54, 1.807) is 18.4 Å². The van der Waals surface area contributed by atoms with Gasteiger partial charge in [-0.05, 0) is 43.5 Å². The number of aromatic nitrogens is 1. The lowest BCUT2D eigenvalue weighted by atomic mass is 9.88. The predicted molar refractivity (Wildman–Crippen MR) is 136 cm³/mol. The quantitative estimate of drug-likeness (QED) is 0.343. The number of nitrogens with zero attached hydrogens (tertiary/aromatic N) is 1. The number of halogens is 2. The molecule has 0 aliphatic rings. The third kappa shape index (κ3) is 5.74. The molecule has 0 aliphatic heterocycles. The first kappa shape index (κ1) is 25.1. The fourth-order valence-corrected chi connectivity index (χ4v) is 4.81. The molecular weight excluding hydrogens is 447 g/mol.